The Morgan fingerprint density at radius 1 is 1.26 bits per heavy atom. The first-order valence-electron chi connectivity index (χ1n) is 7.29. The largest absolute Gasteiger partial charge is 0.356 e. The molecule has 1 N–H and O–H groups in total. The molecular weight excluding hydrogens is 294 g/mol. The van der Waals surface area contributed by atoms with Gasteiger partial charge < -0.3 is 5.32 Å². The van der Waals surface area contributed by atoms with Gasteiger partial charge in [-0.1, -0.05) is 18.2 Å². The van der Waals surface area contributed by atoms with Gasteiger partial charge in [0, 0.05) is 19.9 Å². The summed E-state index contributed by atoms with van der Waals surface area (Å²) >= 11 is 0. The number of nitrogens with zero attached hydrogens (tertiary/aromatic N) is 6. The summed E-state index contributed by atoms with van der Waals surface area (Å²) in [6.45, 7) is 2.47. The van der Waals surface area contributed by atoms with Gasteiger partial charge in [0.05, 0.1) is 5.69 Å². The zero-order chi connectivity index (χ0) is 16.1. The van der Waals surface area contributed by atoms with Crippen LogP contribution in [-0.4, -0.2) is 42.0 Å². The van der Waals surface area contributed by atoms with E-state index in [-0.39, 0.29) is 5.91 Å². The number of amides is 1. The lowest BCUT2D eigenvalue weighted by molar-refractivity contribution is -0.118. The van der Waals surface area contributed by atoms with Crippen molar-refractivity contribution in [2.45, 2.75) is 19.9 Å². The molecule has 0 spiro atoms. The van der Waals surface area contributed by atoms with E-state index in [0.29, 0.717) is 25.3 Å². The zero-order valence-electron chi connectivity index (χ0n) is 12.8. The maximum Gasteiger partial charge on any atom is 0.216 e. The molecule has 0 aliphatic heterocycles. The third kappa shape index (κ3) is 3.79. The average Bonchev–Trinajstić information content (AvgIpc) is 3.18. The lowest BCUT2D eigenvalue weighted by atomic mass is 10.3. The fraction of sp³-hybridized carbons (Fsp3) is 0.267. The Balaban J connectivity index is 1.85. The predicted octanol–water partition coefficient (Wildman–Crippen LogP) is 0.586. The van der Waals surface area contributed by atoms with Crippen molar-refractivity contribution in [2.75, 3.05) is 6.54 Å². The van der Waals surface area contributed by atoms with Gasteiger partial charge in [0.2, 0.25) is 5.91 Å². The molecule has 0 bridgehead atoms. The topological polar surface area (TPSA) is 90.5 Å². The summed E-state index contributed by atoms with van der Waals surface area (Å²) in [4.78, 5) is 19.5. The van der Waals surface area contributed by atoms with E-state index in [1.54, 1.807) is 15.7 Å². The molecule has 3 aromatic rings. The van der Waals surface area contributed by atoms with Crippen LogP contribution in [0.25, 0.3) is 5.69 Å². The van der Waals surface area contributed by atoms with Crippen LogP contribution in [0.1, 0.15) is 18.6 Å². The molecule has 0 aliphatic rings. The average molecular weight is 311 g/mol. The highest BCUT2D eigenvalue weighted by Crippen LogP contribution is 2.10. The Kier molecular flexibility index (Phi) is 4.41. The monoisotopic (exact) mass is 311 g/mol. The van der Waals surface area contributed by atoms with Gasteiger partial charge in [-0.15, -0.1) is 5.10 Å². The van der Waals surface area contributed by atoms with E-state index < -0.39 is 0 Å². The standard InChI is InChI=1S/C15H17N7O/c1-12(23)17-8-7-15-19-14(9-21-11-16-10-18-21)20-22(15)13-5-3-2-4-6-13/h2-6,10-11H,7-9H2,1H3,(H,17,23). The molecule has 1 amide bonds. The van der Waals surface area contributed by atoms with Crippen LogP contribution < -0.4 is 5.32 Å². The molecule has 0 atom stereocenters. The lowest BCUT2D eigenvalue weighted by Crippen LogP contribution is -2.23. The molecule has 0 saturated carbocycles. The third-order valence-corrected chi connectivity index (χ3v) is 3.21. The van der Waals surface area contributed by atoms with Crippen molar-refractivity contribution in [1.82, 2.24) is 34.8 Å². The summed E-state index contributed by atoms with van der Waals surface area (Å²) in [7, 11) is 0. The highest BCUT2D eigenvalue weighted by molar-refractivity contribution is 5.72. The van der Waals surface area contributed by atoms with Gasteiger partial charge in [-0.2, -0.15) is 5.10 Å². The van der Waals surface area contributed by atoms with Crippen molar-refractivity contribution in [2.24, 2.45) is 0 Å². The second-order valence-electron chi connectivity index (χ2n) is 5.02. The van der Waals surface area contributed by atoms with Gasteiger partial charge in [0.15, 0.2) is 5.82 Å². The first-order chi connectivity index (χ1) is 11.2. The van der Waals surface area contributed by atoms with Crippen molar-refractivity contribution in [1.29, 1.82) is 0 Å². The number of nitrogens with one attached hydrogen (secondary N) is 1. The fourth-order valence-corrected chi connectivity index (χ4v) is 2.21. The van der Waals surface area contributed by atoms with E-state index in [0.717, 1.165) is 11.5 Å². The van der Waals surface area contributed by atoms with Crippen LogP contribution in [-0.2, 0) is 17.8 Å². The molecule has 8 heteroatoms. The number of rotatable bonds is 6. The Bertz CT molecular complexity index is 764. The van der Waals surface area contributed by atoms with Crippen molar-refractivity contribution in [3.05, 3.63) is 54.6 Å². The smallest absolute Gasteiger partial charge is 0.216 e. The molecule has 0 fully saturated rings. The highest BCUT2D eigenvalue weighted by atomic mass is 16.1. The maximum absolute atomic E-state index is 11.0. The second-order valence-corrected chi connectivity index (χ2v) is 5.02. The van der Waals surface area contributed by atoms with Gasteiger partial charge in [-0.3, -0.25) is 4.79 Å². The molecule has 0 unspecified atom stereocenters. The van der Waals surface area contributed by atoms with Crippen molar-refractivity contribution in [3.63, 3.8) is 0 Å². The first kappa shape index (κ1) is 14.9. The SMILES string of the molecule is CC(=O)NCCc1nc(Cn2cncn2)nn1-c1ccccc1. The van der Waals surface area contributed by atoms with Gasteiger partial charge in [-0.25, -0.2) is 19.3 Å². The summed E-state index contributed by atoms with van der Waals surface area (Å²) in [5, 5.41) is 11.4. The molecule has 8 nitrogen and oxygen atoms in total. The van der Waals surface area contributed by atoms with Crippen LogP contribution in [0.3, 0.4) is 0 Å². The molecule has 0 aliphatic carbocycles. The second kappa shape index (κ2) is 6.82. The minimum Gasteiger partial charge on any atom is -0.356 e. The third-order valence-electron chi connectivity index (χ3n) is 3.21. The minimum absolute atomic E-state index is 0.0568. The molecule has 23 heavy (non-hydrogen) atoms. The van der Waals surface area contributed by atoms with Crippen molar-refractivity contribution < 1.29 is 4.79 Å². The summed E-state index contributed by atoms with van der Waals surface area (Å²) in [5.74, 6) is 1.39. The number of para-hydroxylation sites is 1. The van der Waals surface area contributed by atoms with Crippen LogP contribution in [0.15, 0.2) is 43.0 Å². The highest BCUT2D eigenvalue weighted by Gasteiger charge is 2.12. The van der Waals surface area contributed by atoms with Gasteiger partial charge >= 0.3 is 0 Å². The number of hydrogen-bond donors (Lipinski definition) is 1. The Morgan fingerprint density at radius 3 is 2.78 bits per heavy atom. The molecule has 0 radical (unpaired) electrons. The van der Waals surface area contributed by atoms with Crippen LogP contribution in [0.4, 0.5) is 0 Å². The van der Waals surface area contributed by atoms with E-state index >= 15 is 0 Å². The van der Waals surface area contributed by atoms with E-state index in [2.05, 4.69) is 25.5 Å². The molecule has 2 aromatic heterocycles. The number of carbonyl (C=O) groups excluding carboxylic acids is 1. The molecule has 2 heterocycles. The van der Waals surface area contributed by atoms with Crippen LogP contribution in [0.5, 0.6) is 0 Å². The normalized spacial score (nSPS) is 10.7. The maximum atomic E-state index is 11.0. The van der Waals surface area contributed by atoms with Gasteiger partial charge in [0.1, 0.15) is 25.0 Å². The van der Waals surface area contributed by atoms with Crippen molar-refractivity contribution in [3.8, 4) is 5.69 Å². The fourth-order valence-electron chi connectivity index (χ4n) is 2.21. The lowest BCUT2D eigenvalue weighted by Gasteiger charge is -2.05. The Morgan fingerprint density at radius 2 is 2.09 bits per heavy atom. The Labute approximate surface area is 133 Å². The van der Waals surface area contributed by atoms with E-state index in [4.69, 9.17) is 0 Å². The van der Waals surface area contributed by atoms with Crippen LogP contribution >= 0.6 is 0 Å². The van der Waals surface area contributed by atoms with E-state index in [1.165, 1.54) is 13.3 Å². The predicted molar refractivity (Wildman–Crippen MR) is 82.9 cm³/mol. The van der Waals surface area contributed by atoms with E-state index in [1.807, 2.05) is 30.3 Å². The van der Waals surface area contributed by atoms with E-state index in [9.17, 15) is 4.79 Å². The van der Waals surface area contributed by atoms with Gasteiger partial charge in [0.25, 0.3) is 0 Å². The first-order valence-corrected chi connectivity index (χ1v) is 7.29. The number of benzene rings is 1. The van der Waals surface area contributed by atoms with Crippen LogP contribution in [0, 0.1) is 0 Å². The summed E-state index contributed by atoms with van der Waals surface area (Å²) in [6.07, 6.45) is 3.70. The number of hydrogen-bond acceptors (Lipinski definition) is 5. The molecule has 118 valence electrons. The van der Waals surface area contributed by atoms with Crippen LogP contribution in [0.2, 0.25) is 0 Å². The molecular formula is C15H17N7O. The molecule has 1 aromatic carbocycles. The summed E-state index contributed by atoms with van der Waals surface area (Å²) in [6, 6.07) is 9.79. The molecule has 3 rings (SSSR count). The zero-order valence-corrected chi connectivity index (χ0v) is 12.8. The summed E-state index contributed by atoms with van der Waals surface area (Å²) < 4.78 is 3.47. The Hall–Kier alpha value is -3.03. The summed E-state index contributed by atoms with van der Waals surface area (Å²) in [5.41, 5.74) is 0.933. The minimum atomic E-state index is -0.0568. The van der Waals surface area contributed by atoms with Crippen molar-refractivity contribution >= 4 is 5.91 Å². The number of aromatic nitrogens is 6. The quantitative estimate of drug-likeness (QED) is 0.719. The molecule has 0 saturated heterocycles. The number of carbonyl (C=O) groups is 1. The van der Waals surface area contributed by atoms with Gasteiger partial charge in [-0.05, 0) is 12.1 Å².